The lowest BCUT2D eigenvalue weighted by Crippen LogP contribution is -2.53. The first-order chi connectivity index (χ1) is 25.6. The fourth-order valence-corrected chi connectivity index (χ4v) is 6.58. The van der Waals surface area contributed by atoms with Crippen molar-refractivity contribution in [1.82, 2.24) is 19.1 Å². The predicted octanol–water partition coefficient (Wildman–Crippen LogP) is -2.23. The molecule has 22 nitrogen and oxygen atoms in total. The van der Waals surface area contributed by atoms with Gasteiger partial charge in [0.1, 0.15) is 31.2 Å². The summed E-state index contributed by atoms with van der Waals surface area (Å²) in [5.74, 6) is -7.59. The summed E-state index contributed by atoms with van der Waals surface area (Å²) in [5, 5.41) is 62.8. The van der Waals surface area contributed by atoms with Crippen LogP contribution in [0.3, 0.4) is 0 Å². The van der Waals surface area contributed by atoms with E-state index in [0.717, 1.165) is 12.3 Å². The highest BCUT2D eigenvalue weighted by Crippen LogP contribution is 2.58. The van der Waals surface area contributed by atoms with E-state index in [1.807, 2.05) is 4.98 Å². The average Bonchev–Trinajstić information content (AvgIpc) is 3.50. The zero-order valence-electron chi connectivity index (χ0n) is 27.2. The van der Waals surface area contributed by atoms with Gasteiger partial charge in [-0.25, -0.2) is 18.7 Å². The average molecular weight is 830 g/mol. The molecule has 4 rings (SSSR count). The number of aliphatic hydroxyl groups excluding tert-OH is 4. The van der Waals surface area contributed by atoms with Crippen LogP contribution < -0.4 is 22.5 Å². The summed E-state index contributed by atoms with van der Waals surface area (Å²) in [6.07, 6.45) is -28.8. The number of phosphoric acid groups is 1. The highest BCUT2D eigenvalue weighted by atomic mass is 31.2. The van der Waals surface area contributed by atoms with Crippen molar-refractivity contribution < 1.29 is 89.0 Å². The Kier molecular flexibility index (Phi) is 13.7. The van der Waals surface area contributed by atoms with Gasteiger partial charge in [0, 0.05) is 24.5 Å². The van der Waals surface area contributed by atoms with Gasteiger partial charge in [-0.3, -0.25) is 37.7 Å². The number of nitriles is 1. The summed E-state index contributed by atoms with van der Waals surface area (Å²) in [6.45, 7) is -6.02. The maximum Gasteiger partial charge on any atom is 0.480 e. The molecule has 2 aromatic heterocycles. The quantitative estimate of drug-likeness (QED) is 0.0408. The normalized spacial score (nSPS) is 29.0. The molecule has 7 N–H and O–H groups in total. The molecule has 2 unspecified atom stereocenters. The molecule has 0 amide bonds. The number of aromatic amines is 2. The van der Waals surface area contributed by atoms with E-state index in [-0.39, 0.29) is 0 Å². The summed E-state index contributed by atoms with van der Waals surface area (Å²) in [6, 6.07) is 3.08. The smallest absolute Gasteiger partial charge is 0.393 e. The summed E-state index contributed by atoms with van der Waals surface area (Å²) in [4.78, 5) is 51.6. The van der Waals surface area contributed by atoms with Crippen LogP contribution in [0.15, 0.2) is 43.7 Å². The summed E-state index contributed by atoms with van der Waals surface area (Å²) in [7, 11) is -5.75. The van der Waals surface area contributed by atoms with Crippen LogP contribution in [-0.4, -0.2) is 126 Å². The molecule has 0 radical (unpaired) electrons. The topological polar surface area (TPSA) is 316 Å². The minimum atomic E-state index is -5.86. The van der Waals surface area contributed by atoms with Gasteiger partial charge in [-0.15, -0.1) is 0 Å². The molecule has 2 aliphatic rings. The minimum absolute atomic E-state index is 0.421. The van der Waals surface area contributed by atoms with Crippen molar-refractivity contribution in [2.24, 2.45) is 5.92 Å². The summed E-state index contributed by atoms with van der Waals surface area (Å²) < 4.78 is 129. The Balaban J connectivity index is 1.67. The number of ether oxygens (including phenoxy) is 4. The Hall–Kier alpha value is -3.82. The van der Waals surface area contributed by atoms with Crippen LogP contribution in [0.25, 0.3) is 0 Å². The highest BCUT2D eigenvalue weighted by Gasteiger charge is 2.63. The molecule has 0 bridgehead atoms. The lowest BCUT2D eigenvalue weighted by atomic mass is 10.1. The third-order valence-electron chi connectivity index (χ3n) is 7.77. The third kappa shape index (κ3) is 9.95. The van der Waals surface area contributed by atoms with E-state index >= 15 is 0 Å². The zero-order valence-corrected chi connectivity index (χ0v) is 28.1. The Labute approximate surface area is 300 Å². The second-order valence-electron chi connectivity index (χ2n) is 11.4. The molecule has 0 spiro atoms. The van der Waals surface area contributed by atoms with Crippen molar-refractivity contribution >= 4 is 7.82 Å². The van der Waals surface area contributed by atoms with Crippen LogP contribution >= 0.6 is 7.82 Å². The molecule has 2 saturated heterocycles. The highest BCUT2D eigenvalue weighted by molar-refractivity contribution is 7.48. The van der Waals surface area contributed by atoms with Crippen molar-refractivity contribution in [3.63, 3.8) is 0 Å². The van der Waals surface area contributed by atoms with E-state index in [2.05, 4.69) is 4.74 Å². The summed E-state index contributed by atoms with van der Waals surface area (Å²) in [5.41, 5.74) is -4.37. The Morgan fingerprint density at radius 2 is 1.53 bits per heavy atom. The number of nitrogens with one attached hydrogen (secondary N) is 2. The van der Waals surface area contributed by atoms with Crippen LogP contribution in [0, 0.1) is 17.2 Å². The van der Waals surface area contributed by atoms with Crippen molar-refractivity contribution in [3.8, 4) is 6.07 Å². The molecule has 0 saturated carbocycles. The molecule has 2 fully saturated rings. The lowest BCUT2D eigenvalue weighted by Gasteiger charge is -2.35. The molecule has 0 aliphatic carbocycles. The fourth-order valence-electron chi connectivity index (χ4n) is 5.14. The van der Waals surface area contributed by atoms with Gasteiger partial charge in [0.2, 0.25) is 5.79 Å². The number of aromatic nitrogens is 4. The molecular weight excluding hydrogens is 799 g/mol. The minimum Gasteiger partial charge on any atom is -0.393 e. The number of hydrogen-bond donors (Lipinski definition) is 7. The second kappa shape index (κ2) is 17.1. The number of rotatable bonds is 16. The number of aliphatic hydroxyl groups is 5. The molecule has 10 atom stereocenters. The number of hydrogen-bond acceptors (Lipinski definition) is 18. The van der Waals surface area contributed by atoms with Gasteiger partial charge in [-0.2, -0.15) is 31.6 Å². The van der Waals surface area contributed by atoms with Crippen LogP contribution in [0.2, 0.25) is 0 Å². The first kappa shape index (κ1) is 43.9. The standard InChI is InChI=1S/C26H30F6N5O17P/c27-25(28,29)11(26(30,31)32)9-48-10-49-18-20(37-6-3-14(40)35-23(37)45)51-12(8-38)24(18,46)54-55(47,50-7-1-4-33)53-21(43)17-15(41)16(42)19(52-17)36-5-2-13(39)34-22(36)44/h2-3,5-6,11-12,15-21,38,41-43,46H,1,7-10H2,(H,34,39,44)(H,35,40,45)/t12-,15+,16-,17+,18+,19-,20-,21?,24-,55?/m1/s1. The zero-order chi connectivity index (χ0) is 41.1. The van der Waals surface area contributed by atoms with Crippen LogP contribution in [0.1, 0.15) is 18.9 Å². The number of phosphoric ester groups is 1. The van der Waals surface area contributed by atoms with Gasteiger partial charge in [0.15, 0.2) is 30.8 Å². The van der Waals surface area contributed by atoms with Crippen molar-refractivity contribution in [2.45, 2.75) is 73.8 Å². The molecule has 55 heavy (non-hydrogen) atoms. The van der Waals surface area contributed by atoms with E-state index in [1.165, 1.54) is 0 Å². The van der Waals surface area contributed by atoms with Crippen molar-refractivity contribution in [3.05, 3.63) is 66.2 Å². The van der Waals surface area contributed by atoms with Gasteiger partial charge in [-0.1, -0.05) is 0 Å². The Bertz CT molecular complexity index is 1950. The lowest BCUT2D eigenvalue weighted by molar-refractivity contribution is -0.304. The first-order valence-corrected chi connectivity index (χ1v) is 16.7. The van der Waals surface area contributed by atoms with Crippen molar-refractivity contribution in [1.29, 1.82) is 5.26 Å². The van der Waals surface area contributed by atoms with E-state index in [9.17, 15) is 75.6 Å². The van der Waals surface area contributed by atoms with E-state index in [4.69, 9.17) is 33.0 Å². The van der Waals surface area contributed by atoms with Crippen LogP contribution in [0.4, 0.5) is 26.3 Å². The SMILES string of the molecule is N#CCCOP(=O)(OC(O)[C@H]1O[C@@H](n2ccc(=O)[nH]c2=O)[C@H](O)[C@@H]1O)O[C@]1(O)[C@@H](CO)O[C@@H](n2ccc(=O)[nH]c2=O)[C@@H]1OCOCC(C(F)(F)F)C(F)(F)F. The number of H-pyrrole nitrogens is 2. The van der Waals surface area contributed by atoms with Crippen molar-refractivity contribution in [2.75, 3.05) is 26.6 Å². The maximum atomic E-state index is 14.1. The third-order valence-corrected chi connectivity index (χ3v) is 9.26. The number of alkyl halides is 6. The van der Waals surface area contributed by atoms with Gasteiger partial charge in [0.05, 0.1) is 32.3 Å². The maximum absolute atomic E-state index is 14.1. The predicted molar refractivity (Wildman–Crippen MR) is 158 cm³/mol. The van der Waals surface area contributed by atoms with E-state index in [0.29, 0.717) is 21.4 Å². The van der Waals surface area contributed by atoms with Gasteiger partial charge < -0.3 is 44.5 Å². The fraction of sp³-hybridized carbons (Fsp3) is 0.654. The Morgan fingerprint density at radius 1 is 0.964 bits per heavy atom. The molecule has 4 heterocycles. The molecule has 308 valence electrons. The molecule has 29 heteroatoms. The second-order valence-corrected chi connectivity index (χ2v) is 13.0. The molecule has 2 aromatic rings. The Morgan fingerprint density at radius 3 is 2.04 bits per heavy atom. The van der Waals surface area contributed by atoms with Gasteiger partial charge >= 0.3 is 31.6 Å². The summed E-state index contributed by atoms with van der Waals surface area (Å²) >= 11 is 0. The van der Waals surface area contributed by atoms with E-state index < -0.39 is 137 Å². The molecule has 0 aromatic carbocycles. The molecular formula is C26H30F6N5O17P. The van der Waals surface area contributed by atoms with Gasteiger partial charge in [0.25, 0.3) is 11.1 Å². The van der Waals surface area contributed by atoms with Crippen LogP contribution in [-0.2, 0) is 37.1 Å². The van der Waals surface area contributed by atoms with Gasteiger partial charge in [-0.05, 0) is 0 Å². The first-order valence-electron chi connectivity index (χ1n) is 15.2. The monoisotopic (exact) mass is 829 g/mol. The largest absolute Gasteiger partial charge is 0.480 e. The molecule has 2 aliphatic heterocycles. The van der Waals surface area contributed by atoms with E-state index in [1.54, 1.807) is 11.1 Å². The number of nitrogens with zero attached hydrogens (tertiary/aromatic N) is 3. The van der Waals surface area contributed by atoms with Crippen LogP contribution in [0.5, 0.6) is 0 Å². The number of halogens is 6.